The maximum atomic E-state index is 10.5. The second-order valence-electron chi connectivity index (χ2n) is 5.16. The highest BCUT2D eigenvalue weighted by molar-refractivity contribution is 7.80. The molecule has 0 aromatic carbocycles. The number of nitrogens with zero attached hydrogens (tertiary/aromatic N) is 2. The van der Waals surface area contributed by atoms with Gasteiger partial charge < -0.3 is 9.73 Å². The van der Waals surface area contributed by atoms with Gasteiger partial charge in [-0.3, -0.25) is 15.5 Å². The van der Waals surface area contributed by atoms with Crippen LogP contribution in [0.4, 0.5) is 5.88 Å². The summed E-state index contributed by atoms with van der Waals surface area (Å²) in [5.74, 6) is 1.19. The average Bonchev–Trinajstić information content (AvgIpc) is 3.13. The van der Waals surface area contributed by atoms with Crippen molar-refractivity contribution in [1.82, 2.24) is 10.7 Å². The second-order valence-corrected chi connectivity index (χ2v) is 5.57. The van der Waals surface area contributed by atoms with E-state index >= 15 is 0 Å². The van der Waals surface area contributed by atoms with Gasteiger partial charge in [0, 0.05) is 6.04 Å². The van der Waals surface area contributed by atoms with Gasteiger partial charge in [0.2, 0.25) is 0 Å². The molecule has 1 aromatic heterocycles. The molecular weight excluding hydrogens is 292 g/mol. The first kappa shape index (κ1) is 13.7. The van der Waals surface area contributed by atoms with Crippen LogP contribution in [-0.2, 0) is 0 Å². The van der Waals surface area contributed by atoms with Crippen LogP contribution < -0.4 is 10.7 Å². The smallest absolute Gasteiger partial charge is 0.400 e. The van der Waals surface area contributed by atoms with E-state index in [-0.39, 0.29) is 5.88 Å². The van der Waals surface area contributed by atoms with Crippen LogP contribution in [-0.4, -0.2) is 22.3 Å². The molecule has 1 aromatic rings. The van der Waals surface area contributed by atoms with Crippen LogP contribution in [0.15, 0.2) is 33.8 Å². The standard InChI is InChI=1S/C13H14N4O3S/c18-17(19)12-4-3-10(20-12)7-14-16-13(21)15-11-6-8-1-2-9(11)5-8/h1-4,7-9,11H,5-6H2,(H2,15,16,21)/b14-7-. The molecule has 21 heavy (non-hydrogen) atoms. The summed E-state index contributed by atoms with van der Waals surface area (Å²) in [5, 5.41) is 18.1. The Hall–Kier alpha value is -2.22. The van der Waals surface area contributed by atoms with Gasteiger partial charge in [0.05, 0.1) is 12.3 Å². The number of furan rings is 1. The summed E-state index contributed by atoms with van der Waals surface area (Å²) >= 11 is 5.17. The van der Waals surface area contributed by atoms with Crippen molar-refractivity contribution in [3.8, 4) is 0 Å². The van der Waals surface area contributed by atoms with Crippen molar-refractivity contribution in [3.63, 3.8) is 0 Å². The van der Waals surface area contributed by atoms with Crippen LogP contribution in [0.1, 0.15) is 18.6 Å². The third kappa shape index (κ3) is 3.10. The molecule has 3 rings (SSSR count). The van der Waals surface area contributed by atoms with Gasteiger partial charge in [0.25, 0.3) is 0 Å². The number of rotatable bonds is 4. The predicted molar refractivity (Wildman–Crippen MR) is 81.0 cm³/mol. The maximum Gasteiger partial charge on any atom is 0.433 e. The summed E-state index contributed by atoms with van der Waals surface area (Å²) in [7, 11) is 0. The van der Waals surface area contributed by atoms with Crippen LogP contribution in [0.3, 0.4) is 0 Å². The lowest BCUT2D eigenvalue weighted by Crippen LogP contribution is -2.42. The number of hydrazone groups is 1. The zero-order valence-corrected chi connectivity index (χ0v) is 11.9. The third-order valence-corrected chi connectivity index (χ3v) is 3.95. The molecule has 0 radical (unpaired) electrons. The molecule has 0 aliphatic heterocycles. The van der Waals surface area contributed by atoms with E-state index in [4.69, 9.17) is 16.6 Å². The number of nitrogens with one attached hydrogen (secondary N) is 2. The van der Waals surface area contributed by atoms with E-state index < -0.39 is 4.92 Å². The maximum absolute atomic E-state index is 10.5. The Bertz CT molecular complexity index is 625. The molecule has 1 saturated carbocycles. The summed E-state index contributed by atoms with van der Waals surface area (Å²) in [6.45, 7) is 0. The van der Waals surface area contributed by atoms with Crippen molar-refractivity contribution in [3.05, 3.63) is 40.2 Å². The highest BCUT2D eigenvalue weighted by Gasteiger charge is 2.35. The van der Waals surface area contributed by atoms with Crippen LogP contribution in [0.5, 0.6) is 0 Å². The fourth-order valence-electron chi connectivity index (χ4n) is 2.81. The van der Waals surface area contributed by atoms with Gasteiger partial charge in [-0.1, -0.05) is 12.2 Å². The van der Waals surface area contributed by atoms with Gasteiger partial charge in [-0.05, 0) is 43.0 Å². The molecule has 0 amide bonds. The lowest BCUT2D eigenvalue weighted by molar-refractivity contribution is -0.402. The third-order valence-electron chi connectivity index (χ3n) is 3.75. The van der Waals surface area contributed by atoms with Crippen molar-refractivity contribution in [2.24, 2.45) is 16.9 Å². The van der Waals surface area contributed by atoms with E-state index in [1.165, 1.54) is 24.8 Å². The lowest BCUT2D eigenvalue weighted by atomic mass is 10.0. The average molecular weight is 306 g/mol. The highest BCUT2D eigenvalue weighted by atomic mass is 32.1. The topological polar surface area (TPSA) is 92.7 Å². The molecule has 3 unspecified atom stereocenters. The van der Waals surface area contributed by atoms with Crippen LogP contribution >= 0.6 is 12.2 Å². The molecule has 3 atom stereocenters. The number of nitro groups is 1. The Morgan fingerprint density at radius 3 is 2.95 bits per heavy atom. The number of thiocarbonyl (C=S) groups is 1. The molecule has 2 aliphatic carbocycles. The van der Waals surface area contributed by atoms with Crippen LogP contribution in [0.2, 0.25) is 0 Å². The number of hydrogen-bond donors (Lipinski definition) is 2. The molecule has 2 aliphatic rings. The van der Waals surface area contributed by atoms with Gasteiger partial charge in [-0.15, -0.1) is 0 Å². The van der Waals surface area contributed by atoms with E-state index in [0.717, 1.165) is 6.42 Å². The van der Waals surface area contributed by atoms with Crippen LogP contribution in [0.25, 0.3) is 0 Å². The summed E-state index contributed by atoms with van der Waals surface area (Å²) in [5.41, 5.74) is 2.69. The van der Waals surface area contributed by atoms with Crippen molar-refractivity contribution < 1.29 is 9.34 Å². The van der Waals surface area contributed by atoms with E-state index in [1.54, 1.807) is 0 Å². The first-order valence-corrected chi connectivity index (χ1v) is 7.05. The first-order chi connectivity index (χ1) is 10.1. The lowest BCUT2D eigenvalue weighted by Gasteiger charge is -2.20. The fourth-order valence-corrected chi connectivity index (χ4v) is 3.02. The van der Waals surface area contributed by atoms with Crippen molar-refractivity contribution >= 4 is 29.4 Å². The highest BCUT2D eigenvalue weighted by Crippen LogP contribution is 2.38. The molecule has 1 heterocycles. The van der Waals surface area contributed by atoms with Crippen molar-refractivity contribution in [2.45, 2.75) is 18.9 Å². The Kier molecular flexibility index (Phi) is 3.70. The molecule has 0 saturated heterocycles. The first-order valence-electron chi connectivity index (χ1n) is 6.64. The van der Waals surface area contributed by atoms with Gasteiger partial charge in [0.1, 0.15) is 4.92 Å². The number of hydrogen-bond acceptors (Lipinski definition) is 5. The molecule has 8 heteroatoms. The minimum atomic E-state index is -0.598. The molecule has 110 valence electrons. The van der Waals surface area contributed by atoms with E-state index in [2.05, 4.69) is 28.0 Å². The normalized spacial score (nSPS) is 26.4. The zero-order valence-electron chi connectivity index (χ0n) is 11.1. The molecule has 2 N–H and O–H groups in total. The van der Waals surface area contributed by atoms with Crippen LogP contribution in [0, 0.1) is 22.0 Å². The Morgan fingerprint density at radius 1 is 1.48 bits per heavy atom. The summed E-state index contributed by atoms with van der Waals surface area (Å²) in [6, 6.07) is 3.11. The van der Waals surface area contributed by atoms with Gasteiger partial charge >= 0.3 is 5.88 Å². The van der Waals surface area contributed by atoms with Crippen molar-refractivity contribution in [1.29, 1.82) is 0 Å². The Labute approximate surface area is 126 Å². The van der Waals surface area contributed by atoms with Crippen molar-refractivity contribution in [2.75, 3.05) is 0 Å². The predicted octanol–water partition coefficient (Wildman–Crippen LogP) is 1.95. The fraction of sp³-hybridized carbons (Fsp3) is 0.385. The largest absolute Gasteiger partial charge is 0.433 e. The van der Waals surface area contributed by atoms with Gasteiger partial charge in [-0.25, -0.2) is 0 Å². The SMILES string of the molecule is O=[N+]([O-])c1ccc(/C=N\NC(=S)NC2CC3C=CC2C3)o1. The molecular formula is C13H14N4O3S. The summed E-state index contributed by atoms with van der Waals surface area (Å²) in [6.07, 6.45) is 8.14. The Balaban J connectivity index is 1.48. The van der Waals surface area contributed by atoms with Gasteiger partial charge in [0.15, 0.2) is 10.9 Å². The minimum absolute atomic E-state index is 0.292. The zero-order chi connectivity index (χ0) is 14.8. The summed E-state index contributed by atoms with van der Waals surface area (Å²) in [4.78, 5) is 9.87. The quantitative estimate of drug-likeness (QED) is 0.290. The molecule has 1 fully saturated rings. The van der Waals surface area contributed by atoms with Gasteiger partial charge in [-0.2, -0.15) is 5.10 Å². The Morgan fingerprint density at radius 2 is 2.33 bits per heavy atom. The molecule has 7 nitrogen and oxygen atoms in total. The minimum Gasteiger partial charge on any atom is -0.400 e. The second kappa shape index (κ2) is 5.65. The number of fused-ring (bicyclic) bond motifs is 2. The summed E-state index contributed by atoms with van der Waals surface area (Å²) < 4.78 is 4.94. The molecule has 0 spiro atoms. The van der Waals surface area contributed by atoms with E-state index in [0.29, 0.717) is 28.8 Å². The van der Waals surface area contributed by atoms with E-state index in [1.807, 2.05) is 0 Å². The molecule has 2 bridgehead atoms. The van der Waals surface area contributed by atoms with E-state index in [9.17, 15) is 10.1 Å². The monoisotopic (exact) mass is 306 g/mol. The number of allylic oxidation sites excluding steroid dienone is 1.